The molecule has 0 spiro atoms. The van der Waals surface area contributed by atoms with Crippen molar-refractivity contribution in [2.45, 2.75) is 19.3 Å². The number of aromatic nitrogens is 1. The average Bonchev–Trinajstić information content (AvgIpc) is 3.26. The Morgan fingerprint density at radius 2 is 1.74 bits per heavy atom. The molecule has 0 amide bonds. The minimum absolute atomic E-state index is 0.00404. The van der Waals surface area contributed by atoms with Crippen molar-refractivity contribution < 1.29 is 9.67 Å². The summed E-state index contributed by atoms with van der Waals surface area (Å²) in [6.45, 7) is 4.29. The fraction of sp³-hybridized carbons (Fsp3) is 0.179. The highest BCUT2D eigenvalue weighted by atomic mass is 32.1. The summed E-state index contributed by atoms with van der Waals surface area (Å²) >= 11 is 1.60. The molecular formula is C28H23N4OS+. The molecule has 0 radical (unpaired) electrons. The topological polar surface area (TPSA) is 74.9 Å². The molecule has 2 heterocycles. The second-order valence-electron chi connectivity index (χ2n) is 8.99. The van der Waals surface area contributed by atoms with Crippen LogP contribution in [-0.2, 0) is 12.5 Å². The minimum atomic E-state index is -0.291. The Hall–Kier alpha value is -4.13. The van der Waals surface area contributed by atoms with E-state index in [1.807, 2.05) is 68.7 Å². The van der Waals surface area contributed by atoms with E-state index in [1.165, 1.54) is 5.56 Å². The van der Waals surface area contributed by atoms with Gasteiger partial charge in [-0.15, -0.1) is 0 Å². The van der Waals surface area contributed by atoms with E-state index in [-0.39, 0.29) is 16.7 Å². The molecule has 0 fully saturated rings. The van der Waals surface area contributed by atoms with Crippen molar-refractivity contribution in [2.24, 2.45) is 7.05 Å². The van der Waals surface area contributed by atoms with Crippen molar-refractivity contribution in [3.05, 3.63) is 98.9 Å². The number of fused-ring (bicyclic) bond motifs is 2. The van der Waals surface area contributed by atoms with Crippen molar-refractivity contribution in [3.63, 3.8) is 0 Å². The molecule has 5 rings (SSSR count). The lowest BCUT2D eigenvalue weighted by Gasteiger charge is -2.29. The molecule has 1 aliphatic heterocycles. The van der Waals surface area contributed by atoms with Crippen LogP contribution < -0.4 is 9.47 Å². The number of aryl methyl sites for hydroxylation is 1. The maximum absolute atomic E-state index is 11.1. The number of nitriles is 2. The van der Waals surface area contributed by atoms with Crippen molar-refractivity contribution >= 4 is 33.3 Å². The number of para-hydroxylation sites is 2. The van der Waals surface area contributed by atoms with Gasteiger partial charge in [0.15, 0.2) is 0 Å². The molecule has 0 atom stereocenters. The number of rotatable bonds is 2. The van der Waals surface area contributed by atoms with E-state index in [2.05, 4.69) is 41.5 Å². The van der Waals surface area contributed by atoms with Gasteiger partial charge in [0, 0.05) is 52.7 Å². The second-order valence-corrected chi connectivity index (χ2v) is 10.1. The molecule has 0 unspecified atom stereocenters. The van der Waals surface area contributed by atoms with Gasteiger partial charge in [-0.25, -0.2) is 0 Å². The molecule has 5 nitrogen and oxygen atoms in total. The molecule has 2 aliphatic rings. The molecule has 166 valence electrons. The van der Waals surface area contributed by atoms with Gasteiger partial charge >= 0.3 is 0 Å². The SMILES string of the molecule is CN1/C(=C/C2=C(O)C(=C\c3sc4ccccc4[n+]3C)/C2=C(C#N)C#N)C(C)(C)c2ccccc21. The first kappa shape index (κ1) is 21.7. The van der Waals surface area contributed by atoms with E-state index in [0.29, 0.717) is 16.7 Å². The lowest BCUT2D eigenvalue weighted by atomic mass is 9.77. The zero-order chi connectivity index (χ0) is 24.2. The molecule has 0 saturated carbocycles. The molecule has 1 aliphatic carbocycles. The summed E-state index contributed by atoms with van der Waals surface area (Å²) in [6.07, 6.45) is 3.78. The normalized spacial score (nSPS) is 18.8. The highest BCUT2D eigenvalue weighted by Gasteiger charge is 2.41. The third-order valence-electron chi connectivity index (χ3n) is 6.78. The number of nitrogens with zero attached hydrogens (tertiary/aromatic N) is 4. The van der Waals surface area contributed by atoms with E-state index in [0.717, 1.165) is 26.6 Å². The summed E-state index contributed by atoms with van der Waals surface area (Å²) in [5, 5.41) is 31.4. The first-order valence-electron chi connectivity index (χ1n) is 10.9. The van der Waals surface area contributed by atoms with Crippen LogP contribution in [-0.4, -0.2) is 12.2 Å². The molecule has 0 bridgehead atoms. The fourth-order valence-corrected chi connectivity index (χ4v) is 6.01. The maximum atomic E-state index is 11.1. The van der Waals surface area contributed by atoms with Crippen LogP contribution in [0.25, 0.3) is 16.3 Å². The van der Waals surface area contributed by atoms with Gasteiger partial charge in [0.25, 0.3) is 5.01 Å². The number of allylic oxidation sites excluding steroid dienone is 5. The summed E-state index contributed by atoms with van der Waals surface area (Å²) in [5.41, 5.74) is 5.63. The summed E-state index contributed by atoms with van der Waals surface area (Å²) in [5.74, 6) is 0.100. The van der Waals surface area contributed by atoms with Gasteiger partial charge in [0.1, 0.15) is 35.2 Å². The van der Waals surface area contributed by atoms with Gasteiger partial charge in [0.2, 0.25) is 5.52 Å². The monoisotopic (exact) mass is 463 g/mol. The third-order valence-corrected chi connectivity index (χ3v) is 7.95. The number of benzene rings is 2. The van der Waals surface area contributed by atoms with Gasteiger partial charge in [-0.05, 0) is 23.8 Å². The molecule has 0 saturated heterocycles. The second kappa shape index (κ2) is 7.73. The van der Waals surface area contributed by atoms with Gasteiger partial charge in [-0.2, -0.15) is 15.1 Å². The number of aliphatic hydroxyl groups is 1. The van der Waals surface area contributed by atoms with E-state index >= 15 is 0 Å². The van der Waals surface area contributed by atoms with Gasteiger partial charge in [-0.1, -0.05) is 55.5 Å². The van der Waals surface area contributed by atoms with Crippen LogP contribution in [0.5, 0.6) is 0 Å². The van der Waals surface area contributed by atoms with Crippen LogP contribution in [0.15, 0.2) is 88.4 Å². The van der Waals surface area contributed by atoms with Gasteiger partial charge in [0.05, 0.1) is 0 Å². The molecule has 1 aromatic heterocycles. The molecule has 6 heteroatoms. The van der Waals surface area contributed by atoms with E-state index in [1.54, 1.807) is 11.3 Å². The Labute approximate surface area is 202 Å². The predicted octanol–water partition coefficient (Wildman–Crippen LogP) is 5.59. The van der Waals surface area contributed by atoms with Crippen LogP contribution in [0.4, 0.5) is 5.69 Å². The van der Waals surface area contributed by atoms with Crippen molar-refractivity contribution in [3.8, 4) is 12.1 Å². The lowest BCUT2D eigenvalue weighted by molar-refractivity contribution is -0.642. The number of anilines is 1. The molecule has 1 N–H and O–H groups in total. The van der Waals surface area contributed by atoms with Crippen molar-refractivity contribution in [1.29, 1.82) is 10.5 Å². The van der Waals surface area contributed by atoms with Crippen LogP contribution in [0.1, 0.15) is 24.4 Å². The van der Waals surface area contributed by atoms with E-state index in [4.69, 9.17) is 0 Å². The van der Waals surface area contributed by atoms with Crippen LogP contribution in [0.3, 0.4) is 0 Å². The van der Waals surface area contributed by atoms with E-state index in [9.17, 15) is 15.6 Å². The first-order valence-corrected chi connectivity index (χ1v) is 11.7. The Morgan fingerprint density at radius 1 is 1.06 bits per heavy atom. The third kappa shape index (κ3) is 3.00. The summed E-state index contributed by atoms with van der Waals surface area (Å²) in [6, 6.07) is 20.3. The highest BCUT2D eigenvalue weighted by molar-refractivity contribution is 7.18. The molecule has 3 aromatic rings. The van der Waals surface area contributed by atoms with Gasteiger partial charge < -0.3 is 10.0 Å². The average molecular weight is 464 g/mol. The first-order chi connectivity index (χ1) is 16.3. The van der Waals surface area contributed by atoms with Crippen molar-refractivity contribution in [2.75, 3.05) is 11.9 Å². The maximum Gasteiger partial charge on any atom is 0.263 e. The number of hydrogen-bond donors (Lipinski definition) is 1. The molecular weight excluding hydrogens is 440 g/mol. The van der Waals surface area contributed by atoms with E-state index < -0.39 is 0 Å². The van der Waals surface area contributed by atoms with Crippen LogP contribution >= 0.6 is 11.3 Å². The number of aliphatic hydroxyl groups excluding tert-OH is 1. The lowest BCUT2D eigenvalue weighted by Crippen LogP contribution is -2.29. The number of thiazole rings is 1. The number of likely N-dealkylation sites (N-methyl/N-ethyl adjacent to an activating group) is 1. The zero-order valence-electron chi connectivity index (χ0n) is 19.4. The predicted molar refractivity (Wildman–Crippen MR) is 135 cm³/mol. The summed E-state index contributed by atoms with van der Waals surface area (Å²) in [4.78, 5) is 2.11. The van der Waals surface area contributed by atoms with Gasteiger partial charge in [-0.3, -0.25) is 0 Å². The highest BCUT2D eigenvalue weighted by Crippen LogP contribution is 2.50. The van der Waals surface area contributed by atoms with Crippen LogP contribution in [0, 0.1) is 22.7 Å². The Kier molecular flexibility index (Phi) is 4.93. The minimum Gasteiger partial charge on any atom is -0.507 e. The van der Waals surface area contributed by atoms with Crippen LogP contribution in [0.2, 0.25) is 0 Å². The summed E-state index contributed by atoms with van der Waals surface area (Å²) in [7, 11) is 3.97. The Bertz CT molecular complexity index is 1570. The Balaban J connectivity index is 1.68. The smallest absolute Gasteiger partial charge is 0.263 e. The Morgan fingerprint density at radius 3 is 2.41 bits per heavy atom. The zero-order valence-corrected chi connectivity index (χ0v) is 20.2. The van der Waals surface area contributed by atoms with Crippen molar-refractivity contribution in [1.82, 2.24) is 0 Å². The quantitative estimate of drug-likeness (QED) is 0.397. The largest absolute Gasteiger partial charge is 0.507 e. The fourth-order valence-electron chi connectivity index (χ4n) is 4.92. The molecule has 2 aromatic carbocycles. The standard InChI is InChI=1S/C28H22N4OS/c1-28(2)20-9-5-6-10-21(20)31(3)24(28)13-18-26(17(15-29)16-30)19(27(18)33)14-25-32(4)22-11-7-8-12-23(22)34-25/h5-14H,1-4H3/p+1. The number of hydrogen-bond acceptors (Lipinski definition) is 5. The molecule has 34 heavy (non-hydrogen) atoms. The summed E-state index contributed by atoms with van der Waals surface area (Å²) < 4.78 is 3.18.